The molecule has 0 saturated carbocycles. The van der Waals surface area contributed by atoms with Crippen LogP contribution in [0.2, 0.25) is 0 Å². The summed E-state index contributed by atoms with van der Waals surface area (Å²) in [5.74, 6) is 0. The minimum Gasteiger partial charge on any atom is -0.371 e. The van der Waals surface area contributed by atoms with Crippen LogP contribution < -0.4 is 10.6 Å². The first kappa shape index (κ1) is 13.9. The van der Waals surface area contributed by atoms with Crippen LogP contribution in [0.5, 0.6) is 0 Å². The normalized spacial score (nSPS) is 19.0. The zero-order valence-corrected chi connectivity index (χ0v) is 12.1. The Bertz CT molecular complexity index is 468. The van der Waals surface area contributed by atoms with Crippen LogP contribution in [-0.4, -0.2) is 18.6 Å². The van der Waals surface area contributed by atoms with Crippen LogP contribution in [0.25, 0.3) is 0 Å². The van der Waals surface area contributed by atoms with E-state index >= 15 is 0 Å². The van der Waals surface area contributed by atoms with Gasteiger partial charge in [-0.1, -0.05) is 32.9 Å². The molecule has 19 heavy (non-hydrogen) atoms. The van der Waals surface area contributed by atoms with Crippen molar-refractivity contribution < 1.29 is 0 Å². The number of anilines is 1. The molecule has 0 amide bonds. The first-order valence-electron chi connectivity index (χ1n) is 6.90. The summed E-state index contributed by atoms with van der Waals surface area (Å²) < 4.78 is 0. The largest absolute Gasteiger partial charge is 0.371 e. The third-order valence-electron chi connectivity index (χ3n) is 3.98. The molecule has 1 aliphatic heterocycles. The van der Waals surface area contributed by atoms with E-state index in [1.807, 2.05) is 0 Å². The third-order valence-corrected chi connectivity index (χ3v) is 3.98. The van der Waals surface area contributed by atoms with Crippen LogP contribution in [0.3, 0.4) is 0 Å². The molecule has 0 spiro atoms. The summed E-state index contributed by atoms with van der Waals surface area (Å²) in [5.41, 5.74) is 8.13. The molecule has 0 aromatic heterocycles. The standard InChI is InChI=1S/C16H23N3/c1-15(2,3)13-4-6-14(7-5-13)19-10-8-16(18,12-17)9-11-19/h4-7H,8-11,18H2,1-3H3. The lowest BCUT2D eigenvalue weighted by molar-refractivity contribution is 0.415. The Morgan fingerprint density at radius 2 is 1.68 bits per heavy atom. The zero-order valence-electron chi connectivity index (χ0n) is 12.1. The van der Waals surface area contributed by atoms with E-state index in [2.05, 4.69) is 56.0 Å². The van der Waals surface area contributed by atoms with Crippen molar-refractivity contribution >= 4 is 5.69 Å². The van der Waals surface area contributed by atoms with Crippen molar-refractivity contribution in [2.75, 3.05) is 18.0 Å². The second-order valence-electron chi connectivity index (χ2n) is 6.55. The van der Waals surface area contributed by atoms with Crippen molar-refractivity contribution in [3.63, 3.8) is 0 Å². The predicted octanol–water partition coefficient (Wildman–Crippen LogP) is 2.81. The van der Waals surface area contributed by atoms with Gasteiger partial charge in [-0.25, -0.2) is 0 Å². The van der Waals surface area contributed by atoms with E-state index in [4.69, 9.17) is 11.0 Å². The molecule has 2 rings (SSSR count). The molecular formula is C16H23N3. The third kappa shape index (κ3) is 3.08. The zero-order chi connectivity index (χ0) is 14.1. The Hall–Kier alpha value is -1.53. The second-order valence-corrected chi connectivity index (χ2v) is 6.55. The minimum absolute atomic E-state index is 0.188. The molecule has 0 aliphatic carbocycles. The first-order valence-corrected chi connectivity index (χ1v) is 6.90. The molecule has 2 N–H and O–H groups in total. The predicted molar refractivity (Wildman–Crippen MR) is 79.1 cm³/mol. The maximum Gasteiger partial charge on any atom is 0.107 e. The topological polar surface area (TPSA) is 53.0 Å². The molecule has 1 aromatic rings. The number of hydrogen-bond donors (Lipinski definition) is 1. The highest BCUT2D eigenvalue weighted by atomic mass is 15.1. The van der Waals surface area contributed by atoms with Gasteiger partial charge in [0.05, 0.1) is 6.07 Å². The van der Waals surface area contributed by atoms with Crippen molar-refractivity contribution in [2.24, 2.45) is 5.73 Å². The van der Waals surface area contributed by atoms with Crippen LogP contribution in [-0.2, 0) is 5.41 Å². The molecule has 3 heteroatoms. The average molecular weight is 257 g/mol. The van der Waals surface area contributed by atoms with E-state index in [1.165, 1.54) is 11.3 Å². The van der Waals surface area contributed by atoms with Gasteiger partial charge >= 0.3 is 0 Å². The molecular weight excluding hydrogens is 234 g/mol. The van der Waals surface area contributed by atoms with Crippen LogP contribution in [0.15, 0.2) is 24.3 Å². The summed E-state index contributed by atoms with van der Waals surface area (Å²) in [6, 6.07) is 11.0. The minimum atomic E-state index is -0.623. The average Bonchev–Trinajstić information content (AvgIpc) is 2.39. The molecule has 1 aromatic carbocycles. The van der Waals surface area contributed by atoms with Crippen LogP contribution in [0.4, 0.5) is 5.69 Å². The number of piperidine rings is 1. The molecule has 1 fully saturated rings. The first-order chi connectivity index (χ1) is 8.84. The fraction of sp³-hybridized carbons (Fsp3) is 0.562. The van der Waals surface area contributed by atoms with Gasteiger partial charge in [-0.15, -0.1) is 0 Å². The summed E-state index contributed by atoms with van der Waals surface area (Å²) in [5, 5.41) is 9.04. The molecule has 1 saturated heterocycles. The van der Waals surface area contributed by atoms with Crippen molar-refractivity contribution in [3.8, 4) is 6.07 Å². The number of nitriles is 1. The van der Waals surface area contributed by atoms with E-state index in [1.54, 1.807) is 0 Å². The highest BCUT2D eigenvalue weighted by Crippen LogP contribution is 2.27. The van der Waals surface area contributed by atoms with Gasteiger partial charge in [-0.05, 0) is 36.0 Å². The number of nitrogens with two attached hydrogens (primary N) is 1. The summed E-state index contributed by atoms with van der Waals surface area (Å²) in [6.45, 7) is 8.38. The number of rotatable bonds is 1. The van der Waals surface area contributed by atoms with Gasteiger partial charge in [-0.2, -0.15) is 5.26 Å². The van der Waals surface area contributed by atoms with Gasteiger partial charge in [0.15, 0.2) is 0 Å². The van der Waals surface area contributed by atoms with Crippen molar-refractivity contribution in [1.29, 1.82) is 5.26 Å². The van der Waals surface area contributed by atoms with E-state index < -0.39 is 5.54 Å². The summed E-state index contributed by atoms with van der Waals surface area (Å²) >= 11 is 0. The number of hydrogen-bond acceptors (Lipinski definition) is 3. The molecule has 3 nitrogen and oxygen atoms in total. The highest BCUT2D eigenvalue weighted by Gasteiger charge is 2.30. The quantitative estimate of drug-likeness (QED) is 0.841. The lowest BCUT2D eigenvalue weighted by atomic mass is 9.86. The smallest absolute Gasteiger partial charge is 0.107 e. The van der Waals surface area contributed by atoms with Gasteiger partial charge in [0.25, 0.3) is 0 Å². The van der Waals surface area contributed by atoms with E-state index in [-0.39, 0.29) is 5.41 Å². The fourth-order valence-electron chi connectivity index (χ4n) is 2.45. The van der Waals surface area contributed by atoms with E-state index in [9.17, 15) is 0 Å². The molecule has 0 radical (unpaired) electrons. The van der Waals surface area contributed by atoms with E-state index in [0.717, 1.165) is 25.9 Å². The fourth-order valence-corrected chi connectivity index (χ4v) is 2.45. The lowest BCUT2D eigenvalue weighted by Gasteiger charge is -2.36. The molecule has 0 atom stereocenters. The Balaban J connectivity index is 2.07. The summed E-state index contributed by atoms with van der Waals surface area (Å²) in [4.78, 5) is 2.31. The van der Waals surface area contributed by atoms with Gasteiger partial charge in [0.2, 0.25) is 0 Å². The Kier molecular flexibility index (Phi) is 3.56. The van der Waals surface area contributed by atoms with Crippen LogP contribution >= 0.6 is 0 Å². The molecule has 102 valence electrons. The van der Waals surface area contributed by atoms with Gasteiger partial charge in [0.1, 0.15) is 5.54 Å². The Morgan fingerprint density at radius 3 is 2.11 bits per heavy atom. The van der Waals surface area contributed by atoms with Crippen molar-refractivity contribution in [1.82, 2.24) is 0 Å². The monoisotopic (exact) mass is 257 g/mol. The van der Waals surface area contributed by atoms with Crippen LogP contribution in [0, 0.1) is 11.3 Å². The summed E-state index contributed by atoms with van der Waals surface area (Å²) in [7, 11) is 0. The van der Waals surface area contributed by atoms with Crippen molar-refractivity contribution in [2.45, 2.75) is 44.6 Å². The van der Waals surface area contributed by atoms with Gasteiger partial charge < -0.3 is 10.6 Å². The van der Waals surface area contributed by atoms with Crippen LogP contribution in [0.1, 0.15) is 39.2 Å². The maximum atomic E-state index is 9.04. The SMILES string of the molecule is CC(C)(C)c1ccc(N2CCC(N)(C#N)CC2)cc1. The number of nitrogens with zero attached hydrogens (tertiary/aromatic N) is 2. The van der Waals surface area contributed by atoms with Gasteiger partial charge in [-0.3, -0.25) is 0 Å². The molecule has 1 heterocycles. The van der Waals surface area contributed by atoms with E-state index in [0.29, 0.717) is 0 Å². The van der Waals surface area contributed by atoms with Gasteiger partial charge in [0, 0.05) is 18.8 Å². The summed E-state index contributed by atoms with van der Waals surface area (Å²) in [6.07, 6.45) is 1.48. The maximum absolute atomic E-state index is 9.04. The van der Waals surface area contributed by atoms with Crippen molar-refractivity contribution in [3.05, 3.63) is 29.8 Å². The second kappa shape index (κ2) is 4.86. The molecule has 1 aliphatic rings. The Labute approximate surface area is 116 Å². The lowest BCUT2D eigenvalue weighted by Crippen LogP contribution is -2.49. The highest BCUT2D eigenvalue weighted by molar-refractivity contribution is 5.49. The number of benzene rings is 1. The molecule has 0 bridgehead atoms. The molecule has 0 unspecified atom stereocenters. The Morgan fingerprint density at radius 1 is 1.16 bits per heavy atom.